The molecule has 1 amide bonds. The van der Waals surface area contributed by atoms with Crippen LogP contribution >= 0.6 is 11.3 Å². The van der Waals surface area contributed by atoms with Crippen LogP contribution in [0.3, 0.4) is 0 Å². The second-order valence-corrected chi connectivity index (χ2v) is 7.63. The minimum absolute atomic E-state index is 0.0992. The Morgan fingerprint density at radius 1 is 1.20 bits per heavy atom. The highest BCUT2D eigenvalue weighted by atomic mass is 32.1. The van der Waals surface area contributed by atoms with Gasteiger partial charge in [-0.05, 0) is 29.5 Å². The topological polar surface area (TPSA) is 95.7 Å². The highest BCUT2D eigenvalue weighted by Gasteiger charge is 2.27. The first-order chi connectivity index (χ1) is 14.5. The lowest BCUT2D eigenvalue weighted by molar-refractivity contribution is 0.0914. The van der Waals surface area contributed by atoms with Crippen LogP contribution in [0.2, 0.25) is 0 Å². The summed E-state index contributed by atoms with van der Waals surface area (Å²) in [5.41, 5.74) is 0.645. The van der Waals surface area contributed by atoms with Crippen molar-refractivity contribution in [1.29, 1.82) is 0 Å². The van der Waals surface area contributed by atoms with Gasteiger partial charge in [0.1, 0.15) is 6.04 Å². The molecule has 0 radical (unpaired) electrons. The molecule has 9 heteroatoms. The fourth-order valence-corrected chi connectivity index (χ4v) is 3.62. The second kappa shape index (κ2) is 9.62. The van der Waals surface area contributed by atoms with Gasteiger partial charge >= 0.3 is 0 Å². The Morgan fingerprint density at radius 3 is 2.43 bits per heavy atom. The van der Waals surface area contributed by atoms with Crippen molar-refractivity contribution in [3.05, 3.63) is 40.4 Å². The first-order valence-corrected chi connectivity index (χ1v) is 10.4. The summed E-state index contributed by atoms with van der Waals surface area (Å²) in [6, 6.07) is 6.71. The van der Waals surface area contributed by atoms with Gasteiger partial charge in [0.25, 0.3) is 5.91 Å². The molecular weight excluding hydrogens is 406 g/mol. The van der Waals surface area contributed by atoms with E-state index in [1.807, 2.05) is 25.3 Å². The van der Waals surface area contributed by atoms with Gasteiger partial charge in [-0.15, -0.1) is 11.3 Å². The van der Waals surface area contributed by atoms with Gasteiger partial charge in [0.2, 0.25) is 17.5 Å². The summed E-state index contributed by atoms with van der Waals surface area (Å²) in [4.78, 5) is 17.8. The number of hydrogen-bond acceptors (Lipinski definition) is 8. The van der Waals surface area contributed by atoms with E-state index in [1.165, 1.54) is 11.3 Å². The van der Waals surface area contributed by atoms with Crippen molar-refractivity contribution in [2.75, 3.05) is 21.3 Å². The SMILES string of the molecule is CC[C@H](C)[C@@H](NC(=O)c1cccs1)c1nc(-c2cc(OC)c(OC)c(OC)c2)no1. The molecule has 2 atom stereocenters. The van der Waals surface area contributed by atoms with E-state index in [0.717, 1.165) is 6.42 Å². The van der Waals surface area contributed by atoms with E-state index < -0.39 is 6.04 Å². The third-order valence-corrected chi connectivity index (χ3v) is 5.74. The molecule has 2 aromatic heterocycles. The lowest BCUT2D eigenvalue weighted by atomic mass is 9.99. The Hall–Kier alpha value is -3.07. The predicted molar refractivity (Wildman–Crippen MR) is 113 cm³/mol. The number of rotatable bonds is 9. The van der Waals surface area contributed by atoms with E-state index in [2.05, 4.69) is 15.5 Å². The Kier molecular flexibility index (Phi) is 6.94. The normalized spacial score (nSPS) is 12.8. The third-order valence-electron chi connectivity index (χ3n) is 4.88. The number of thiophene rings is 1. The molecule has 0 unspecified atom stereocenters. The summed E-state index contributed by atoms with van der Waals surface area (Å²) in [5, 5.41) is 9.00. The van der Waals surface area contributed by atoms with Crippen LogP contribution in [0.25, 0.3) is 11.4 Å². The molecule has 0 saturated heterocycles. The average molecular weight is 432 g/mol. The third kappa shape index (κ3) is 4.40. The van der Waals surface area contributed by atoms with Gasteiger partial charge < -0.3 is 24.1 Å². The number of methoxy groups -OCH3 is 3. The predicted octanol–water partition coefficient (Wildman–Crippen LogP) is 4.34. The maximum Gasteiger partial charge on any atom is 0.262 e. The molecule has 2 heterocycles. The molecule has 0 aliphatic carbocycles. The van der Waals surface area contributed by atoms with Crippen LogP contribution in [0.4, 0.5) is 0 Å². The van der Waals surface area contributed by atoms with E-state index in [4.69, 9.17) is 18.7 Å². The van der Waals surface area contributed by atoms with Gasteiger partial charge in [0.05, 0.1) is 26.2 Å². The number of hydrogen-bond donors (Lipinski definition) is 1. The Balaban J connectivity index is 1.93. The minimum Gasteiger partial charge on any atom is -0.493 e. The second-order valence-electron chi connectivity index (χ2n) is 6.68. The van der Waals surface area contributed by atoms with Gasteiger partial charge in [0.15, 0.2) is 11.5 Å². The number of amides is 1. The van der Waals surface area contributed by atoms with Crippen molar-refractivity contribution in [3.8, 4) is 28.6 Å². The van der Waals surface area contributed by atoms with Crippen molar-refractivity contribution >= 4 is 17.2 Å². The maximum absolute atomic E-state index is 12.6. The van der Waals surface area contributed by atoms with Crippen molar-refractivity contribution in [1.82, 2.24) is 15.5 Å². The van der Waals surface area contributed by atoms with Crippen LogP contribution in [-0.4, -0.2) is 37.4 Å². The number of aromatic nitrogens is 2. The van der Waals surface area contributed by atoms with Crippen LogP contribution in [0.15, 0.2) is 34.2 Å². The molecule has 0 bridgehead atoms. The average Bonchev–Trinajstić information content (AvgIpc) is 3.48. The standard InChI is InChI=1S/C21H25N3O5S/c1-6-12(2)17(22-20(25)16-8-7-9-30-16)21-23-19(24-29-21)13-10-14(26-3)18(28-5)15(11-13)27-4/h7-12,17H,6H2,1-5H3,(H,22,25)/t12-,17+/m0/s1. The monoisotopic (exact) mass is 431 g/mol. The van der Waals surface area contributed by atoms with E-state index in [0.29, 0.717) is 39.4 Å². The number of carbonyl (C=O) groups is 1. The zero-order valence-electron chi connectivity index (χ0n) is 17.6. The Bertz CT molecular complexity index is 961. The minimum atomic E-state index is -0.409. The molecule has 3 aromatic rings. The molecule has 8 nitrogen and oxygen atoms in total. The Labute approximate surface area is 179 Å². The molecule has 0 aliphatic heterocycles. The van der Waals surface area contributed by atoms with E-state index in [-0.39, 0.29) is 11.8 Å². The van der Waals surface area contributed by atoms with Crippen molar-refractivity contribution in [2.45, 2.75) is 26.3 Å². The molecular formula is C21H25N3O5S. The highest BCUT2D eigenvalue weighted by Crippen LogP contribution is 2.40. The lowest BCUT2D eigenvalue weighted by Gasteiger charge is -2.20. The summed E-state index contributed by atoms with van der Waals surface area (Å²) in [6.45, 7) is 4.08. The molecule has 30 heavy (non-hydrogen) atoms. The van der Waals surface area contributed by atoms with E-state index >= 15 is 0 Å². The van der Waals surface area contributed by atoms with Crippen LogP contribution in [0.5, 0.6) is 17.2 Å². The van der Waals surface area contributed by atoms with Crippen LogP contribution in [-0.2, 0) is 0 Å². The van der Waals surface area contributed by atoms with E-state index in [9.17, 15) is 4.79 Å². The number of nitrogens with one attached hydrogen (secondary N) is 1. The molecule has 160 valence electrons. The number of nitrogens with zero attached hydrogens (tertiary/aromatic N) is 2. The van der Waals surface area contributed by atoms with Gasteiger partial charge in [-0.1, -0.05) is 31.5 Å². The summed E-state index contributed by atoms with van der Waals surface area (Å²) in [7, 11) is 4.63. The fraction of sp³-hybridized carbons (Fsp3) is 0.381. The summed E-state index contributed by atoms with van der Waals surface area (Å²) < 4.78 is 21.7. The number of benzene rings is 1. The smallest absolute Gasteiger partial charge is 0.262 e. The molecule has 0 saturated carbocycles. The van der Waals surface area contributed by atoms with Crippen molar-refractivity contribution in [2.24, 2.45) is 5.92 Å². The van der Waals surface area contributed by atoms with Crippen LogP contribution in [0, 0.1) is 5.92 Å². The van der Waals surface area contributed by atoms with Gasteiger partial charge in [0, 0.05) is 5.56 Å². The largest absolute Gasteiger partial charge is 0.493 e. The number of carbonyl (C=O) groups excluding carboxylic acids is 1. The summed E-state index contributed by atoms with van der Waals surface area (Å²) >= 11 is 1.38. The highest BCUT2D eigenvalue weighted by molar-refractivity contribution is 7.12. The quantitative estimate of drug-likeness (QED) is 0.538. The van der Waals surface area contributed by atoms with Crippen LogP contribution in [0.1, 0.15) is 41.9 Å². The molecule has 1 aromatic carbocycles. The van der Waals surface area contributed by atoms with Crippen LogP contribution < -0.4 is 19.5 Å². The van der Waals surface area contributed by atoms with Crippen molar-refractivity contribution in [3.63, 3.8) is 0 Å². The maximum atomic E-state index is 12.6. The summed E-state index contributed by atoms with van der Waals surface area (Å²) in [6.07, 6.45) is 0.831. The lowest BCUT2D eigenvalue weighted by Crippen LogP contribution is -2.32. The van der Waals surface area contributed by atoms with Crippen molar-refractivity contribution < 1.29 is 23.5 Å². The zero-order chi connectivity index (χ0) is 21.7. The Morgan fingerprint density at radius 2 is 1.90 bits per heavy atom. The fourth-order valence-electron chi connectivity index (χ4n) is 2.99. The molecule has 1 N–H and O–H groups in total. The molecule has 3 rings (SSSR count). The zero-order valence-corrected chi connectivity index (χ0v) is 18.4. The van der Waals surface area contributed by atoms with Gasteiger partial charge in [-0.25, -0.2) is 0 Å². The van der Waals surface area contributed by atoms with Gasteiger partial charge in [-0.3, -0.25) is 4.79 Å². The first-order valence-electron chi connectivity index (χ1n) is 9.50. The number of ether oxygens (including phenoxy) is 3. The summed E-state index contributed by atoms with van der Waals surface area (Å²) in [5.74, 6) is 2.10. The molecule has 0 fully saturated rings. The molecule has 0 aliphatic rings. The van der Waals surface area contributed by atoms with E-state index in [1.54, 1.807) is 39.5 Å². The molecule has 0 spiro atoms. The first kappa shape index (κ1) is 21.6. The van der Waals surface area contributed by atoms with Gasteiger partial charge in [-0.2, -0.15) is 4.98 Å².